The van der Waals surface area contributed by atoms with Crippen molar-refractivity contribution in [2.75, 3.05) is 27.2 Å². The number of piperidine rings is 1. The summed E-state index contributed by atoms with van der Waals surface area (Å²) in [7, 11) is 3.28. The van der Waals surface area contributed by atoms with Crippen molar-refractivity contribution in [2.24, 2.45) is 5.92 Å². The molecule has 2 amide bonds. The summed E-state index contributed by atoms with van der Waals surface area (Å²) in [5.74, 6) is -1.99. The Labute approximate surface area is 183 Å². The number of hydrogen-bond donors (Lipinski definition) is 0. The van der Waals surface area contributed by atoms with Crippen LogP contribution in [0.3, 0.4) is 0 Å². The second kappa shape index (κ2) is 8.76. The van der Waals surface area contributed by atoms with E-state index in [1.165, 1.54) is 40.5 Å². The van der Waals surface area contributed by atoms with Gasteiger partial charge in [-0.05, 0) is 44.9 Å². The van der Waals surface area contributed by atoms with E-state index in [1.54, 1.807) is 14.1 Å². The van der Waals surface area contributed by atoms with Crippen molar-refractivity contribution in [1.82, 2.24) is 19.6 Å². The molecule has 7 nitrogen and oxygen atoms in total. The van der Waals surface area contributed by atoms with E-state index in [1.807, 2.05) is 0 Å². The van der Waals surface area contributed by atoms with Gasteiger partial charge in [-0.15, -0.1) is 0 Å². The number of hydrogen-bond acceptors (Lipinski definition) is 4. The fraction of sp³-hybridized carbons (Fsp3) is 0.455. The minimum atomic E-state index is -4.52. The van der Waals surface area contributed by atoms with Gasteiger partial charge in [0.25, 0.3) is 11.7 Å². The van der Waals surface area contributed by atoms with Crippen molar-refractivity contribution in [2.45, 2.75) is 32.9 Å². The van der Waals surface area contributed by atoms with E-state index in [9.17, 15) is 27.6 Å². The molecule has 1 aliphatic heterocycles. The van der Waals surface area contributed by atoms with E-state index in [0.29, 0.717) is 19.4 Å². The number of rotatable bonds is 4. The van der Waals surface area contributed by atoms with Crippen LogP contribution in [0.15, 0.2) is 24.3 Å². The number of Topliss-reactive ketones (excluding diaryl/α,β-unsaturated/α-hetero) is 1. The predicted molar refractivity (Wildman–Crippen MR) is 110 cm³/mol. The molecule has 172 valence electrons. The Morgan fingerprint density at radius 2 is 1.84 bits per heavy atom. The van der Waals surface area contributed by atoms with Crippen LogP contribution in [0.25, 0.3) is 5.69 Å². The molecule has 10 heteroatoms. The first-order valence-corrected chi connectivity index (χ1v) is 10.2. The van der Waals surface area contributed by atoms with Crippen molar-refractivity contribution >= 4 is 17.6 Å². The van der Waals surface area contributed by atoms with Gasteiger partial charge in [0.1, 0.15) is 0 Å². The number of carbonyl (C=O) groups excluding carboxylic acids is 3. The molecule has 0 saturated carbocycles. The maximum absolute atomic E-state index is 13.1. The quantitative estimate of drug-likeness (QED) is 0.530. The van der Waals surface area contributed by atoms with Crippen molar-refractivity contribution < 1.29 is 27.6 Å². The molecule has 0 radical (unpaired) electrons. The van der Waals surface area contributed by atoms with Crippen LogP contribution in [-0.4, -0.2) is 64.4 Å². The molecule has 0 bridgehead atoms. The standard InChI is InChI=1S/C22H25F3N4O3/c1-13-18(14(2)29(26-13)17-9-5-8-16(11-17)22(23,24)25)19(30)21(32)28-10-6-7-15(12-28)20(31)27(3)4/h5,8-9,11,15H,6-7,10,12H2,1-4H3/t15-/m0/s1. The average molecular weight is 450 g/mol. The summed E-state index contributed by atoms with van der Waals surface area (Å²) in [5, 5.41) is 4.22. The number of aryl methyl sites for hydroxylation is 1. The summed E-state index contributed by atoms with van der Waals surface area (Å²) in [6.45, 7) is 3.59. The molecule has 0 aliphatic carbocycles. The smallest absolute Gasteiger partial charge is 0.349 e. The minimum Gasteiger partial charge on any atom is -0.349 e. The largest absolute Gasteiger partial charge is 0.416 e. The lowest BCUT2D eigenvalue weighted by atomic mass is 9.96. The van der Waals surface area contributed by atoms with E-state index < -0.39 is 23.4 Å². The van der Waals surface area contributed by atoms with Gasteiger partial charge in [0.05, 0.1) is 34.1 Å². The molecule has 2 aromatic rings. The Bertz CT molecular complexity index is 1060. The number of nitrogens with zero attached hydrogens (tertiary/aromatic N) is 4. The SMILES string of the molecule is Cc1nn(-c2cccc(C(F)(F)F)c2)c(C)c1C(=O)C(=O)N1CCC[C@H](C(=O)N(C)C)C1. The summed E-state index contributed by atoms with van der Waals surface area (Å²) in [4.78, 5) is 41.1. The van der Waals surface area contributed by atoms with Gasteiger partial charge >= 0.3 is 6.18 Å². The highest BCUT2D eigenvalue weighted by molar-refractivity contribution is 6.43. The Hall–Kier alpha value is -3.17. The Kier molecular flexibility index (Phi) is 6.43. The van der Waals surface area contributed by atoms with Crippen LogP contribution in [0.2, 0.25) is 0 Å². The first-order chi connectivity index (χ1) is 14.9. The molecule has 0 spiro atoms. The van der Waals surface area contributed by atoms with E-state index >= 15 is 0 Å². The first kappa shape index (κ1) is 23.5. The van der Waals surface area contributed by atoms with Gasteiger partial charge in [0, 0.05) is 27.2 Å². The van der Waals surface area contributed by atoms with Gasteiger partial charge in [-0.2, -0.15) is 18.3 Å². The van der Waals surface area contributed by atoms with E-state index in [0.717, 1.165) is 12.1 Å². The van der Waals surface area contributed by atoms with Gasteiger partial charge in [-0.1, -0.05) is 6.07 Å². The van der Waals surface area contributed by atoms with Gasteiger partial charge in [0.15, 0.2) is 0 Å². The minimum absolute atomic E-state index is 0.0634. The van der Waals surface area contributed by atoms with Crippen LogP contribution in [0.5, 0.6) is 0 Å². The number of alkyl halides is 3. The lowest BCUT2D eigenvalue weighted by Gasteiger charge is -2.32. The van der Waals surface area contributed by atoms with Crippen molar-refractivity contribution in [3.05, 3.63) is 46.8 Å². The maximum Gasteiger partial charge on any atom is 0.416 e. The number of ketones is 1. The highest BCUT2D eigenvalue weighted by atomic mass is 19.4. The van der Waals surface area contributed by atoms with Gasteiger partial charge in [-0.25, -0.2) is 4.68 Å². The molecule has 2 heterocycles. The Morgan fingerprint density at radius 1 is 1.16 bits per heavy atom. The molecule has 1 fully saturated rings. The van der Waals surface area contributed by atoms with Gasteiger partial charge < -0.3 is 9.80 Å². The first-order valence-electron chi connectivity index (χ1n) is 10.2. The van der Waals surface area contributed by atoms with E-state index in [4.69, 9.17) is 0 Å². The third-order valence-electron chi connectivity index (χ3n) is 5.63. The highest BCUT2D eigenvalue weighted by Gasteiger charge is 2.35. The summed E-state index contributed by atoms with van der Waals surface area (Å²) >= 11 is 0. The molecule has 1 saturated heterocycles. The van der Waals surface area contributed by atoms with Crippen molar-refractivity contribution in [3.8, 4) is 5.69 Å². The summed E-state index contributed by atoms with van der Waals surface area (Å²) in [6.07, 6.45) is -3.28. The molecule has 0 N–H and O–H groups in total. The molecule has 1 atom stereocenters. The van der Waals surface area contributed by atoms with Crippen molar-refractivity contribution in [1.29, 1.82) is 0 Å². The average Bonchev–Trinajstić information content (AvgIpc) is 3.05. The van der Waals surface area contributed by atoms with Crippen molar-refractivity contribution in [3.63, 3.8) is 0 Å². The molecule has 1 aliphatic rings. The topological polar surface area (TPSA) is 75.5 Å². The third kappa shape index (κ3) is 4.53. The van der Waals surface area contributed by atoms with Crippen LogP contribution in [0.4, 0.5) is 13.2 Å². The zero-order chi connectivity index (χ0) is 23.8. The predicted octanol–water partition coefficient (Wildman–Crippen LogP) is 3.02. The number of aromatic nitrogens is 2. The summed E-state index contributed by atoms with van der Waals surface area (Å²) in [5.41, 5.74) is -0.110. The fourth-order valence-electron chi connectivity index (χ4n) is 4.02. The lowest BCUT2D eigenvalue weighted by molar-refractivity contribution is -0.138. The van der Waals surface area contributed by atoms with E-state index in [2.05, 4.69) is 5.10 Å². The lowest BCUT2D eigenvalue weighted by Crippen LogP contribution is -2.47. The van der Waals surface area contributed by atoms with Crippen LogP contribution >= 0.6 is 0 Å². The molecular formula is C22H25F3N4O3. The van der Waals surface area contributed by atoms with Gasteiger partial charge in [-0.3, -0.25) is 14.4 Å². The van der Waals surface area contributed by atoms with Crippen LogP contribution in [0, 0.1) is 19.8 Å². The number of halogens is 3. The highest BCUT2D eigenvalue weighted by Crippen LogP contribution is 2.31. The fourth-order valence-corrected chi connectivity index (χ4v) is 4.02. The number of carbonyl (C=O) groups is 3. The summed E-state index contributed by atoms with van der Waals surface area (Å²) < 4.78 is 40.5. The second-order valence-corrected chi connectivity index (χ2v) is 8.16. The molecule has 32 heavy (non-hydrogen) atoms. The number of amides is 2. The molecule has 0 unspecified atom stereocenters. The van der Waals surface area contributed by atoms with Crippen LogP contribution in [-0.2, 0) is 15.8 Å². The number of likely N-dealkylation sites (tertiary alicyclic amines) is 1. The van der Waals surface area contributed by atoms with Crippen LogP contribution < -0.4 is 0 Å². The Balaban J connectivity index is 1.88. The number of benzene rings is 1. The molecule has 1 aromatic heterocycles. The van der Waals surface area contributed by atoms with E-state index in [-0.39, 0.29) is 41.0 Å². The van der Waals surface area contributed by atoms with Crippen LogP contribution in [0.1, 0.15) is 40.2 Å². The molecule has 3 rings (SSSR count). The maximum atomic E-state index is 13.1. The third-order valence-corrected chi connectivity index (χ3v) is 5.63. The summed E-state index contributed by atoms with van der Waals surface area (Å²) in [6, 6.07) is 4.61. The Morgan fingerprint density at radius 3 is 2.47 bits per heavy atom. The van der Waals surface area contributed by atoms with Gasteiger partial charge in [0.2, 0.25) is 5.91 Å². The monoisotopic (exact) mass is 450 g/mol. The zero-order valence-electron chi connectivity index (χ0n) is 18.4. The zero-order valence-corrected chi connectivity index (χ0v) is 18.4. The molecule has 1 aromatic carbocycles. The normalized spacial score (nSPS) is 16.7. The molecular weight excluding hydrogens is 425 g/mol. The second-order valence-electron chi connectivity index (χ2n) is 8.16.